The largest absolute Gasteiger partial charge is 0.371 e. The van der Waals surface area contributed by atoms with Crippen molar-refractivity contribution >= 4 is 11.6 Å². The quantitative estimate of drug-likeness (QED) is 0.747. The average Bonchev–Trinajstić information content (AvgIpc) is 3.26. The molecule has 1 N–H and O–H groups in total. The zero-order valence-corrected chi connectivity index (χ0v) is 16.8. The molecule has 0 unspecified atom stereocenters. The van der Waals surface area contributed by atoms with Gasteiger partial charge in [-0.1, -0.05) is 30.3 Å². The third kappa shape index (κ3) is 3.43. The lowest BCUT2D eigenvalue weighted by Gasteiger charge is -2.35. The molecule has 2 aliphatic rings. The molecular formula is C23H26N4O2. The number of pyridine rings is 1. The summed E-state index contributed by atoms with van der Waals surface area (Å²) in [6.45, 7) is 6.36. The molecule has 2 aliphatic heterocycles. The molecule has 0 aliphatic carbocycles. The summed E-state index contributed by atoms with van der Waals surface area (Å²) in [5.74, 6) is -0.0516. The van der Waals surface area contributed by atoms with Crippen molar-refractivity contribution in [3.8, 4) is 0 Å². The molecule has 29 heavy (non-hydrogen) atoms. The van der Waals surface area contributed by atoms with Gasteiger partial charge in [-0.05, 0) is 43.5 Å². The Kier molecular flexibility index (Phi) is 4.60. The molecule has 0 radical (unpaired) electrons. The fourth-order valence-electron chi connectivity index (χ4n) is 4.64. The van der Waals surface area contributed by atoms with E-state index >= 15 is 0 Å². The lowest BCUT2D eigenvalue weighted by molar-refractivity contribution is -0.0502. The lowest BCUT2D eigenvalue weighted by Crippen LogP contribution is -2.43. The summed E-state index contributed by atoms with van der Waals surface area (Å²) in [5.41, 5.74) is 4.56. The summed E-state index contributed by atoms with van der Waals surface area (Å²) in [4.78, 5) is 20.1. The normalized spacial score (nSPS) is 24.6. The molecule has 1 aromatic carbocycles. The maximum absolute atomic E-state index is 13.1. The first-order valence-electron chi connectivity index (χ1n) is 10.3. The Labute approximate surface area is 170 Å². The van der Waals surface area contributed by atoms with Crippen LogP contribution in [0.25, 0.3) is 5.65 Å². The molecule has 0 bridgehead atoms. The lowest BCUT2D eigenvalue weighted by atomic mass is 10.1. The van der Waals surface area contributed by atoms with Crippen molar-refractivity contribution in [1.29, 1.82) is 0 Å². The van der Waals surface area contributed by atoms with Crippen molar-refractivity contribution in [3.05, 3.63) is 71.2 Å². The molecule has 150 valence electrons. The highest BCUT2D eigenvalue weighted by Crippen LogP contribution is 2.30. The van der Waals surface area contributed by atoms with Gasteiger partial charge in [0, 0.05) is 31.4 Å². The van der Waals surface area contributed by atoms with Gasteiger partial charge in [0.05, 0.1) is 18.4 Å². The van der Waals surface area contributed by atoms with E-state index in [1.54, 1.807) is 0 Å². The number of nitrogens with one attached hydrogen (secondary N) is 1. The highest BCUT2D eigenvalue weighted by atomic mass is 16.5. The number of amides is 1. The van der Waals surface area contributed by atoms with Crippen molar-refractivity contribution in [3.63, 3.8) is 0 Å². The van der Waals surface area contributed by atoms with E-state index in [2.05, 4.69) is 39.5 Å². The first kappa shape index (κ1) is 18.3. The Morgan fingerprint density at radius 2 is 2.00 bits per heavy atom. The SMILES string of the molecule is Cc1ccn2c(C(=O)N[C@@H]3C[C@H]4CO[C@@H](c5ccccc5)CN4C3)c(C)nc2c1. The number of carbonyl (C=O) groups is 1. The van der Waals surface area contributed by atoms with Crippen LogP contribution in [0.2, 0.25) is 0 Å². The molecule has 1 amide bonds. The molecular weight excluding hydrogens is 364 g/mol. The van der Waals surface area contributed by atoms with Crippen LogP contribution in [0.5, 0.6) is 0 Å². The Balaban J connectivity index is 1.28. The van der Waals surface area contributed by atoms with E-state index < -0.39 is 0 Å². The van der Waals surface area contributed by atoms with Crippen LogP contribution in [0.3, 0.4) is 0 Å². The van der Waals surface area contributed by atoms with Gasteiger partial charge in [0.25, 0.3) is 5.91 Å². The second kappa shape index (κ2) is 7.28. The van der Waals surface area contributed by atoms with Crippen LogP contribution < -0.4 is 5.32 Å². The molecule has 6 nitrogen and oxygen atoms in total. The Morgan fingerprint density at radius 1 is 1.17 bits per heavy atom. The summed E-state index contributed by atoms with van der Waals surface area (Å²) >= 11 is 0. The van der Waals surface area contributed by atoms with Crippen molar-refractivity contribution < 1.29 is 9.53 Å². The van der Waals surface area contributed by atoms with Crippen LogP contribution in [-0.2, 0) is 4.74 Å². The van der Waals surface area contributed by atoms with Gasteiger partial charge in [-0.2, -0.15) is 0 Å². The van der Waals surface area contributed by atoms with Gasteiger partial charge in [0.1, 0.15) is 11.3 Å². The van der Waals surface area contributed by atoms with Crippen LogP contribution in [-0.4, -0.2) is 52.0 Å². The minimum Gasteiger partial charge on any atom is -0.371 e. The summed E-state index contributed by atoms with van der Waals surface area (Å²) in [6, 6.07) is 14.9. The Hall–Kier alpha value is -2.70. The van der Waals surface area contributed by atoms with Gasteiger partial charge in [0.2, 0.25) is 0 Å². The molecule has 5 rings (SSSR count). The summed E-state index contributed by atoms with van der Waals surface area (Å²) in [5, 5.41) is 3.24. The van der Waals surface area contributed by atoms with Gasteiger partial charge in [-0.3, -0.25) is 14.1 Å². The zero-order chi connectivity index (χ0) is 20.0. The third-order valence-electron chi connectivity index (χ3n) is 6.10. The Morgan fingerprint density at radius 3 is 2.83 bits per heavy atom. The number of nitrogens with zero attached hydrogens (tertiary/aromatic N) is 3. The van der Waals surface area contributed by atoms with Crippen molar-refractivity contribution in [2.75, 3.05) is 19.7 Å². The fourth-order valence-corrected chi connectivity index (χ4v) is 4.64. The van der Waals surface area contributed by atoms with E-state index in [0.717, 1.165) is 36.4 Å². The zero-order valence-electron chi connectivity index (χ0n) is 16.8. The minimum atomic E-state index is -0.0516. The smallest absolute Gasteiger partial charge is 0.270 e. The van der Waals surface area contributed by atoms with E-state index in [1.165, 1.54) is 5.56 Å². The number of fused-ring (bicyclic) bond motifs is 2. The molecule has 4 heterocycles. The fraction of sp³-hybridized carbons (Fsp3) is 0.391. The number of aromatic nitrogens is 2. The number of morpholine rings is 1. The summed E-state index contributed by atoms with van der Waals surface area (Å²) in [7, 11) is 0. The maximum atomic E-state index is 13.1. The summed E-state index contributed by atoms with van der Waals surface area (Å²) < 4.78 is 8.01. The molecule has 2 aromatic heterocycles. The van der Waals surface area contributed by atoms with Gasteiger partial charge in [-0.25, -0.2) is 4.98 Å². The number of benzene rings is 1. The number of carbonyl (C=O) groups excluding carboxylic acids is 1. The van der Waals surface area contributed by atoms with Crippen molar-refractivity contribution in [2.24, 2.45) is 0 Å². The van der Waals surface area contributed by atoms with Crippen molar-refractivity contribution in [2.45, 2.75) is 38.5 Å². The standard InChI is InChI=1S/C23H26N4O2/c1-15-8-9-27-21(10-15)24-16(2)22(27)23(28)25-18-11-19-14-29-20(13-26(19)12-18)17-6-4-3-5-7-17/h3-10,18-20H,11-14H2,1-2H3,(H,25,28)/t18-,19+,20-/m1/s1. The average molecular weight is 390 g/mol. The topological polar surface area (TPSA) is 58.9 Å². The Bertz CT molecular complexity index is 1050. The van der Waals surface area contributed by atoms with E-state index in [1.807, 2.05) is 42.6 Å². The van der Waals surface area contributed by atoms with E-state index in [4.69, 9.17) is 4.74 Å². The van der Waals surface area contributed by atoms with Crippen LogP contribution in [0.4, 0.5) is 0 Å². The van der Waals surface area contributed by atoms with Crippen LogP contribution in [0, 0.1) is 13.8 Å². The van der Waals surface area contributed by atoms with Gasteiger partial charge >= 0.3 is 0 Å². The minimum absolute atomic E-state index is 0.0516. The van der Waals surface area contributed by atoms with E-state index in [-0.39, 0.29) is 18.1 Å². The van der Waals surface area contributed by atoms with Crippen molar-refractivity contribution in [1.82, 2.24) is 19.6 Å². The molecule has 0 spiro atoms. The molecule has 0 saturated carbocycles. The number of imidazole rings is 1. The van der Waals surface area contributed by atoms with Gasteiger partial charge < -0.3 is 10.1 Å². The number of hydrogen-bond acceptors (Lipinski definition) is 4. The molecule has 2 fully saturated rings. The first-order chi connectivity index (χ1) is 14.1. The highest BCUT2D eigenvalue weighted by molar-refractivity contribution is 5.94. The number of hydrogen-bond donors (Lipinski definition) is 1. The number of rotatable bonds is 3. The molecule has 2 saturated heterocycles. The second-order valence-electron chi connectivity index (χ2n) is 8.22. The molecule has 3 aromatic rings. The second-order valence-corrected chi connectivity index (χ2v) is 8.22. The van der Waals surface area contributed by atoms with E-state index in [0.29, 0.717) is 18.3 Å². The third-order valence-corrected chi connectivity index (χ3v) is 6.10. The first-order valence-corrected chi connectivity index (χ1v) is 10.3. The number of aryl methyl sites for hydroxylation is 2. The highest BCUT2D eigenvalue weighted by Gasteiger charge is 2.38. The predicted molar refractivity (Wildman–Crippen MR) is 111 cm³/mol. The van der Waals surface area contributed by atoms with Crippen LogP contribution in [0.1, 0.15) is 39.8 Å². The summed E-state index contributed by atoms with van der Waals surface area (Å²) in [6.07, 6.45) is 2.95. The van der Waals surface area contributed by atoms with Crippen LogP contribution in [0.15, 0.2) is 48.7 Å². The van der Waals surface area contributed by atoms with Crippen LogP contribution >= 0.6 is 0 Å². The monoisotopic (exact) mass is 390 g/mol. The van der Waals surface area contributed by atoms with Gasteiger partial charge in [0.15, 0.2) is 0 Å². The molecule has 3 atom stereocenters. The molecule has 6 heteroatoms. The predicted octanol–water partition coefficient (Wildman–Crippen LogP) is 2.90. The maximum Gasteiger partial charge on any atom is 0.270 e. The van der Waals surface area contributed by atoms with Gasteiger partial charge in [-0.15, -0.1) is 0 Å². The number of ether oxygens (including phenoxy) is 1. The van der Waals surface area contributed by atoms with E-state index in [9.17, 15) is 4.79 Å².